The zero-order chi connectivity index (χ0) is 15.6. The van der Waals surface area contributed by atoms with E-state index in [1.807, 2.05) is 0 Å². The first-order chi connectivity index (χ1) is 10.4. The summed E-state index contributed by atoms with van der Waals surface area (Å²) in [6.45, 7) is 9.03. The zero-order valence-corrected chi connectivity index (χ0v) is 14.7. The van der Waals surface area contributed by atoms with E-state index in [1.54, 1.807) is 0 Å². The van der Waals surface area contributed by atoms with Crippen LogP contribution in [0.15, 0.2) is 0 Å². The summed E-state index contributed by atoms with van der Waals surface area (Å²) in [4.78, 5) is 0. The van der Waals surface area contributed by atoms with E-state index in [2.05, 4.69) is 20.8 Å². The van der Waals surface area contributed by atoms with E-state index in [0.29, 0.717) is 34.9 Å². The molecule has 1 heterocycles. The molecule has 0 bridgehead atoms. The molecule has 0 aromatic heterocycles. The zero-order valence-electron chi connectivity index (χ0n) is 14.7. The van der Waals surface area contributed by atoms with Gasteiger partial charge in [-0.15, -0.1) is 0 Å². The van der Waals surface area contributed by atoms with Crippen molar-refractivity contribution in [3.05, 3.63) is 0 Å². The van der Waals surface area contributed by atoms with E-state index in [0.717, 1.165) is 24.9 Å². The minimum atomic E-state index is 0.355. The number of rotatable bonds is 1. The average Bonchev–Trinajstić information content (AvgIpc) is 2.55. The highest BCUT2D eigenvalue weighted by Gasteiger charge is 2.65. The molecule has 4 fully saturated rings. The second-order valence-corrected chi connectivity index (χ2v) is 9.89. The van der Waals surface area contributed by atoms with Crippen LogP contribution < -0.4 is 0 Å². The van der Waals surface area contributed by atoms with Crippen molar-refractivity contribution in [1.29, 1.82) is 0 Å². The number of ether oxygens (including phenoxy) is 1. The fourth-order valence-electron chi connectivity index (χ4n) is 7.43. The van der Waals surface area contributed by atoms with Crippen molar-refractivity contribution >= 4 is 0 Å². The van der Waals surface area contributed by atoms with Crippen molar-refractivity contribution in [3.63, 3.8) is 0 Å². The highest BCUT2D eigenvalue weighted by Crippen LogP contribution is 2.69. The SMILES string of the molecule is CC1(C)CCC[C@@]2(C)C1CC[C@@]13CO[C@@H]1CC(CO)CCC23. The van der Waals surface area contributed by atoms with Crippen molar-refractivity contribution in [3.8, 4) is 0 Å². The van der Waals surface area contributed by atoms with E-state index >= 15 is 0 Å². The molecule has 3 saturated carbocycles. The summed E-state index contributed by atoms with van der Waals surface area (Å²) < 4.78 is 6.07. The molecular formula is C20H34O2. The summed E-state index contributed by atoms with van der Waals surface area (Å²) in [6, 6.07) is 0. The lowest BCUT2D eigenvalue weighted by Gasteiger charge is -2.67. The lowest BCUT2D eigenvalue weighted by molar-refractivity contribution is -0.272. The summed E-state index contributed by atoms with van der Waals surface area (Å²) in [6.07, 6.45) is 11.1. The lowest BCUT2D eigenvalue weighted by atomic mass is 9.41. The van der Waals surface area contributed by atoms with Crippen molar-refractivity contribution in [2.45, 2.75) is 78.2 Å². The monoisotopic (exact) mass is 306 g/mol. The van der Waals surface area contributed by atoms with Crippen LogP contribution in [0.1, 0.15) is 72.1 Å². The Kier molecular flexibility index (Phi) is 3.48. The van der Waals surface area contributed by atoms with Gasteiger partial charge in [-0.2, -0.15) is 0 Å². The highest BCUT2D eigenvalue weighted by molar-refractivity contribution is 5.13. The maximum atomic E-state index is 9.70. The molecule has 2 nitrogen and oxygen atoms in total. The second-order valence-electron chi connectivity index (χ2n) is 9.89. The molecule has 0 aromatic rings. The number of hydrogen-bond acceptors (Lipinski definition) is 2. The number of aliphatic hydroxyl groups is 1. The largest absolute Gasteiger partial charge is 0.396 e. The van der Waals surface area contributed by atoms with Crippen molar-refractivity contribution in [1.82, 2.24) is 0 Å². The Morgan fingerprint density at radius 3 is 2.50 bits per heavy atom. The van der Waals surface area contributed by atoms with Gasteiger partial charge in [0, 0.05) is 12.0 Å². The van der Waals surface area contributed by atoms with Gasteiger partial charge in [0.05, 0.1) is 12.7 Å². The van der Waals surface area contributed by atoms with Gasteiger partial charge in [0.25, 0.3) is 0 Å². The molecule has 4 aliphatic rings. The standard InChI is InChI=1S/C20H34O2/c1-18(2)8-4-9-19(3)15(18)7-10-20-13-22-17(20)11-14(12-21)5-6-16(19)20/h14-17,21H,4-13H2,1-3H3/t14?,15?,16?,17-,19+,20+/m1/s1. The van der Waals surface area contributed by atoms with Crippen LogP contribution in [-0.4, -0.2) is 24.4 Å². The Balaban J connectivity index is 1.70. The number of aliphatic hydroxyl groups excluding tert-OH is 1. The molecule has 126 valence electrons. The lowest BCUT2D eigenvalue weighted by Crippen LogP contribution is -2.65. The maximum Gasteiger partial charge on any atom is 0.0660 e. The third-order valence-electron chi connectivity index (χ3n) is 8.53. The van der Waals surface area contributed by atoms with Crippen LogP contribution in [0.25, 0.3) is 0 Å². The number of fused-ring (bicyclic) bond motifs is 2. The summed E-state index contributed by atoms with van der Waals surface area (Å²) in [5, 5.41) is 9.70. The van der Waals surface area contributed by atoms with Crippen LogP contribution in [0.5, 0.6) is 0 Å². The summed E-state index contributed by atoms with van der Waals surface area (Å²) >= 11 is 0. The van der Waals surface area contributed by atoms with Crippen LogP contribution in [0.2, 0.25) is 0 Å². The third-order valence-corrected chi connectivity index (χ3v) is 8.53. The number of hydrogen-bond donors (Lipinski definition) is 1. The first-order valence-corrected chi connectivity index (χ1v) is 9.65. The van der Waals surface area contributed by atoms with E-state index in [9.17, 15) is 5.11 Å². The van der Waals surface area contributed by atoms with Crippen molar-refractivity contribution in [2.75, 3.05) is 13.2 Å². The first kappa shape index (κ1) is 15.4. The first-order valence-electron chi connectivity index (χ1n) is 9.65. The minimum absolute atomic E-state index is 0.355. The quantitative estimate of drug-likeness (QED) is 0.777. The average molecular weight is 306 g/mol. The van der Waals surface area contributed by atoms with Gasteiger partial charge in [-0.1, -0.05) is 27.2 Å². The van der Waals surface area contributed by atoms with Gasteiger partial charge in [-0.25, -0.2) is 0 Å². The Hall–Kier alpha value is -0.0800. The molecule has 1 saturated heterocycles. The molecule has 1 N–H and O–H groups in total. The molecule has 22 heavy (non-hydrogen) atoms. The normalized spacial score (nSPS) is 53.5. The van der Waals surface area contributed by atoms with Crippen LogP contribution in [0.3, 0.4) is 0 Å². The summed E-state index contributed by atoms with van der Waals surface area (Å²) in [7, 11) is 0. The highest BCUT2D eigenvalue weighted by atomic mass is 16.5. The fraction of sp³-hybridized carbons (Fsp3) is 1.00. The van der Waals surface area contributed by atoms with E-state index in [4.69, 9.17) is 4.74 Å². The van der Waals surface area contributed by atoms with Crippen molar-refractivity contribution in [2.24, 2.45) is 34.0 Å². The molecule has 0 amide bonds. The van der Waals surface area contributed by atoms with Gasteiger partial charge in [0.2, 0.25) is 0 Å². The Morgan fingerprint density at radius 1 is 1.00 bits per heavy atom. The Morgan fingerprint density at radius 2 is 1.82 bits per heavy atom. The molecule has 1 aliphatic heterocycles. The topological polar surface area (TPSA) is 29.5 Å². The van der Waals surface area contributed by atoms with E-state index in [-0.39, 0.29) is 0 Å². The molecule has 3 unspecified atom stereocenters. The second kappa shape index (κ2) is 4.96. The Labute approximate surface area is 136 Å². The molecule has 2 heteroatoms. The fourth-order valence-corrected chi connectivity index (χ4v) is 7.43. The van der Waals surface area contributed by atoms with Crippen LogP contribution in [-0.2, 0) is 4.74 Å². The maximum absolute atomic E-state index is 9.70. The molecule has 3 aliphatic carbocycles. The predicted molar refractivity (Wildman–Crippen MR) is 88.6 cm³/mol. The van der Waals surface area contributed by atoms with Crippen molar-refractivity contribution < 1.29 is 9.84 Å². The van der Waals surface area contributed by atoms with Gasteiger partial charge >= 0.3 is 0 Å². The molecular weight excluding hydrogens is 272 g/mol. The summed E-state index contributed by atoms with van der Waals surface area (Å²) in [5.41, 5.74) is 1.48. The molecule has 4 rings (SSSR count). The smallest absolute Gasteiger partial charge is 0.0660 e. The van der Waals surface area contributed by atoms with Gasteiger partial charge in [0.15, 0.2) is 0 Å². The van der Waals surface area contributed by atoms with Gasteiger partial charge < -0.3 is 9.84 Å². The van der Waals surface area contributed by atoms with Crippen LogP contribution in [0.4, 0.5) is 0 Å². The van der Waals surface area contributed by atoms with Gasteiger partial charge in [-0.05, 0) is 73.5 Å². The van der Waals surface area contributed by atoms with Crippen LogP contribution >= 0.6 is 0 Å². The molecule has 6 atom stereocenters. The van der Waals surface area contributed by atoms with E-state index in [1.165, 1.54) is 44.9 Å². The Bertz CT molecular complexity index is 445. The minimum Gasteiger partial charge on any atom is -0.396 e. The molecule has 0 aromatic carbocycles. The molecule has 1 spiro atoms. The van der Waals surface area contributed by atoms with Gasteiger partial charge in [0.1, 0.15) is 0 Å². The van der Waals surface area contributed by atoms with Gasteiger partial charge in [-0.3, -0.25) is 0 Å². The van der Waals surface area contributed by atoms with Crippen LogP contribution in [0, 0.1) is 34.0 Å². The third kappa shape index (κ3) is 1.92. The molecule has 0 radical (unpaired) electrons. The summed E-state index contributed by atoms with van der Waals surface area (Å²) in [5.74, 6) is 2.19. The van der Waals surface area contributed by atoms with E-state index < -0.39 is 0 Å². The predicted octanol–water partition coefficient (Wildman–Crippen LogP) is 4.41.